The minimum Gasteiger partial charge on any atom is -0.390 e. The number of hydrogen-bond acceptors (Lipinski definition) is 5. The molecule has 2 aromatic carbocycles. The third-order valence-corrected chi connectivity index (χ3v) is 5.74. The largest absolute Gasteiger partial charge is 0.390 e. The van der Waals surface area contributed by atoms with Gasteiger partial charge in [0.2, 0.25) is 0 Å². The van der Waals surface area contributed by atoms with Crippen LogP contribution in [0.15, 0.2) is 47.6 Å². The molecule has 0 spiro atoms. The Morgan fingerprint density at radius 2 is 1.91 bits per heavy atom. The smallest absolute Gasteiger partial charge is 0.145 e. The van der Waals surface area contributed by atoms with Gasteiger partial charge >= 0.3 is 0 Å². The van der Waals surface area contributed by atoms with Crippen molar-refractivity contribution in [1.82, 2.24) is 4.90 Å². The monoisotopic (exact) mass is 482 g/mol. The van der Waals surface area contributed by atoms with Crippen molar-refractivity contribution in [2.24, 2.45) is 11.1 Å². The molecule has 174 valence electrons. The van der Waals surface area contributed by atoms with Crippen LogP contribution in [-0.4, -0.2) is 54.2 Å². The molecule has 1 heterocycles. The zero-order chi connectivity index (χ0) is 23.1. The highest BCUT2D eigenvalue weighted by Crippen LogP contribution is 2.26. The minimum absolute atomic E-state index is 0.177. The van der Waals surface area contributed by atoms with Gasteiger partial charge in [0, 0.05) is 38.2 Å². The molecule has 0 amide bonds. The van der Waals surface area contributed by atoms with Crippen molar-refractivity contribution >= 4 is 28.9 Å². The standard InChI is InChI=1S/C24H29Cl2FN2O3/c1-16(2)14-31-15-20(30)12-29(11-17-3-6-19(27)7-4-17)13-21-10-24(28-32-21)18-5-8-22(25)23(26)9-18/h3-9,16,20-21,30H,10-15H2,1-2H3/t20-,21+/m0/s1. The molecule has 2 aromatic rings. The third-order valence-electron chi connectivity index (χ3n) is 5.00. The van der Waals surface area contributed by atoms with Crippen LogP contribution >= 0.6 is 23.2 Å². The molecule has 3 rings (SSSR count). The molecular formula is C24H29Cl2FN2O3. The van der Waals surface area contributed by atoms with Gasteiger partial charge in [-0.2, -0.15) is 0 Å². The normalized spacial score (nSPS) is 17.0. The Hall–Kier alpha value is -1.70. The van der Waals surface area contributed by atoms with E-state index in [0.29, 0.717) is 48.6 Å². The second-order valence-electron chi connectivity index (χ2n) is 8.50. The van der Waals surface area contributed by atoms with Gasteiger partial charge in [-0.05, 0) is 35.7 Å². The van der Waals surface area contributed by atoms with Crippen LogP contribution in [0.4, 0.5) is 4.39 Å². The summed E-state index contributed by atoms with van der Waals surface area (Å²) in [4.78, 5) is 7.75. The Bertz CT molecular complexity index is 909. The molecule has 0 bridgehead atoms. The lowest BCUT2D eigenvalue weighted by Gasteiger charge is -2.27. The molecule has 2 atom stereocenters. The number of oxime groups is 1. The fraction of sp³-hybridized carbons (Fsp3) is 0.458. The van der Waals surface area contributed by atoms with Gasteiger partial charge in [-0.25, -0.2) is 4.39 Å². The molecule has 1 aliphatic rings. The van der Waals surface area contributed by atoms with Gasteiger partial charge in [-0.3, -0.25) is 4.90 Å². The quantitative estimate of drug-likeness (QED) is 0.480. The topological polar surface area (TPSA) is 54.3 Å². The van der Waals surface area contributed by atoms with Gasteiger partial charge in [-0.15, -0.1) is 0 Å². The molecule has 1 aliphatic heterocycles. The maximum atomic E-state index is 13.3. The first-order chi connectivity index (χ1) is 15.3. The number of halogens is 3. The van der Waals surface area contributed by atoms with Crippen LogP contribution in [0.2, 0.25) is 10.0 Å². The first-order valence-electron chi connectivity index (χ1n) is 10.7. The molecule has 1 N–H and O–H groups in total. The summed E-state index contributed by atoms with van der Waals surface area (Å²) in [7, 11) is 0. The summed E-state index contributed by atoms with van der Waals surface area (Å²) in [5, 5.41) is 15.7. The number of aliphatic hydroxyl groups excluding tert-OH is 1. The Morgan fingerprint density at radius 1 is 1.16 bits per heavy atom. The van der Waals surface area contributed by atoms with E-state index in [1.54, 1.807) is 24.3 Å². The van der Waals surface area contributed by atoms with Gasteiger partial charge in [0.05, 0.1) is 28.5 Å². The average molecular weight is 483 g/mol. The van der Waals surface area contributed by atoms with Gasteiger partial charge < -0.3 is 14.7 Å². The highest BCUT2D eigenvalue weighted by atomic mass is 35.5. The van der Waals surface area contributed by atoms with E-state index in [-0.39, 0.29) is 18.5 Å². The molecule has 8 heteroatoms. The lowest BCUT2D eigenvalue weighted by atomic mass is 10.0. The summed E-state index contributed by atoms with van der Waals surface area (Å²) in [6.07, 6.45) is -0.215. The average Bonchev–Trinajstić information content (AvgIpc) is 3.20. The zero-order valence-corrected chi connectivity index (χ0v) is 19.8. The Kier molecular flexibility index (Phi) is 9.32. The van der Waals surface area contributed by atoms with Crippen molar-refractivity contribution in [3.8, 4) is 0 Å². The number of nitrogens with zero attached hydrogens (tertiary/aromatic N) is 2. The Morgan fingerprint density at radius 3 is 2.59 bits per heavy atom. The van der Waals surface area contributed by atoms with Crippen molar-refractivity contribution in [3.05, 3.63) is 69.5 Å². The van der Waals surface area contributed by atoms with Crippen molar-refractivity contribution in [2.45, 2.75) is 39.0 Å². The molecular weight excluding hydrogens is 454 g/mol. The van der Waals surface area contributed by atoms with E-state index in [4.69, 9.17) is 32.8 Å². The van der Waals surface area contributed by atoms with Crippen molar-refractivity contribution in [1.29, 1.82) is 0 Å². The molecule has 0 aliphatic carbocycles. The molecule has 5 nitrogen and oxygen atoms in total. The summed E-state index contributed by atoms with van der Waals surface area (Å²) < 4.78 is 18.9. The number of aliphatic hydroxyl groups is 1. The Labute approximate surface area is 198 Å². The van der Waals surface area contributed by atoms with Crippen molar-refractivity contribution in [2.75, 3.05) is 26.3 Å². The van der Waals surface area contributed by atoms with E-state index in [2.05, 4.69) is 23.9 Å². The van der Waals surface area contributed by atoms with Crippen LogP contribution < -0.4 is 0 Å². The number of benzene rings is 2. The van der Waals surface area contributed by atoms with Crippen LogP contribution in [0.3, 0.4) is 0 Å². The summed E-state index contributed by atoms with van der Waals surface area (Å²) in [6.45, 7) is 6.48. The molecule has 0 fully saturated rings. The fourth-order valence-electron chi connectivity index (χ4n) is 3.50. The second-order valence-corrected chi connectivity index (χ2v) is 9.32. The summed E-state index contributed by atoms with van der Waals surface area (Å²) in [6, 6.07) is 11.8. The zero-order valence-electron chi connectivity index (χ0n) is 18.3. The van der Waals surface area contributed by atoms with Crippen LogP contribution in [0.5, 0.6) is 0 Å². The van der Waals surface area contributed by atoms with E-state index >= 15 is 0 Å². The van der Waals surface area contributed by atoms with Gasteiger partial charge in [0.25, 0.3) is 0 Å². The predicted molar refractivity (Wildman–Crippen MR) is 126 cm³/mol. The fourth-order valence-corrected chi connectivity index (χ4v) is 3.80. The second kappa shape index (κ2) is 12.0. The molecule has 0 aromatic heterocycles. The SMILES string of the molecule is CC(C)COC[C@@H](O)CN(Cc1ccc(F)cc1)C[C@H]1CC(c2ccc(Cl)c(Cl)c2)=NO1. The molecule has 0 unspecified atom stereocenters. The van der Waals surface area contributed by atoms with E-state index in [0.717, 1.165) is 16.8 Å². The predicted octanol–water partition coefficient (Wildman–Crippen LogP) is 5.16. The molecule has 32 heavy (non-hydrogen) atoms. The van der Waals surface area contributed by atoms with E-state index in [1.165, 1.54) is 12.1 Å². The van der Waals surface area contributed by atoms with Crippen molar-refractivity contribution < 1.29 is 19.1 Å². The van der Waals surface area contributed by atoms with Crippen LogP contribution in [0.25, 0.3) is 0 Å². The number of ether oxygens (including phenoxy) is 1. The van der Waals surface area contributed by atoms with Crippen LogP contribution in [0, 0.1) is 11.7 Å². The van der Waals surface area contributed by atoms with E-state index in [1.807, 2.05) is 6.07 Å². The Balaban J connectivity index is 1.61. The number of rotatable bonds is 11. The maximum absolute atomic E-state index is 13.3. The van der Waals surface area contributed by atoms with Crippen LogP contribution in [0.1, 0.15) is 31.4 Å². The highest BCUT2D eigenvalue weighted by molar-refractivity contribution is 6.42. The minimum atomic E-state index is -0.647. The summed E-state index contributed by atoms with van der Waals surface area (Å²) in [5.74, 6) is 0.127. The first kappa shape index (κ1) is 24.9. The molecule has 0 saturated carbocycles. The highest BCUT2D eigenvalue weighted by Gasteiger charge is 2.26. The van der Waals surface area contributed by atoms with E-state index in [9.17, 15) is 9.50 Å². The first-order valence-corrected chi connectivity index (χ1v) is 11.5. The summed E-state index contributed by atoms with van der Waals surface area (Å²) in [5.41, 5.74) is 2.62. The summed E-state index contributed by atoms with van der Waals surface area (Å²) >= 11 is 12.1. The lowest BCUT2D eigenvalue weighted by molar-refractivity contribution is -0.00734. The van der Waals surface area contributed by atoms with Crippen LogP contribution in [-0.2, 0) is 16.1 Å². The third kappa shape index (κ3) is 7.71. The maximum Gasteiger partial charge on any atom is 0.145 e. The van der Waals surface area contributed by atoms with Gasteiger partial charge in [0.1, 0.15) is 11.9 Å². The van der Waals surface area contributed by atoms with Crippen molar-refractivity contribution in [3.63, 3.8) is 0 Å². The molecule has 0 saturated heterocycles. The molecule has 0 radical (unpaired) electrons. The lowest BCUT2D eigenvalue weighted by Crippen LogP contribution is -2.39. The number of hydrogen-bond donors (Lipinski definition) is 1. The van der Waals surface area contributed by atoms with E-state index < -0.39 is 6.10 Å². The van der Waals surface area contributed by atoms with Gasteiger partial charge in [0.15, 0.2) is 0 Å². The van der Waals surface area contributed by atoms with Gasteiger partial charge in [-0.1, -0.05) is 60.4 Å².